The maximum Gasteiger partial charge on any atom is 0.151 e. The third kappa shape index (κ3) is 1.23. The van der Waals surface area contributed by atoms with Gasteiger partial charge < -0.3 is 4.79 Å². The molecule has 1 aromatic rings. The van der Waals surface area contributed by atoms with E-state index in [2.05, 4.69) is 26.2 Å². The normalized spacial score (nSPS) is 9.80. The van der Waals surface area contributed by atoms with Gasteiger partial charge in [-0.05, 0) is 15.9 Å². The molecule has 1 heterocycles. The fourth-order valence-electron chi connectivity index (χ4n) is 0.647. The maximum absolute atomic E-state index is 10.1. The molecule has 0 saturated heterocycles. The monoisotopic (exact) mass is 203 g/mol. The lowest BCUT2D eigenvalue weighted by molar-refractivity contribution is -0.107. The number of aromatic nitrogens is 3. The van der Waals surface area contributed by atoms with Crippen molar-refractivity contribution in [1.82, 2.24) is 15.0 Å². The Balaban J connectivity index is 2.97. The van der Waals surface area contributed by atoms with Crippen LogP contribution in [-0.2, 0) is 18.3 Å². The second-order valence-electron chi connectivity index (χ2n) is 1.82. The second-order valence-corrected chi connectivity index (χ2v) is 2.57. The van der Waals surface area contributed by atoms with E-state index in [0.29, 0.717) is 11.0 Å². The summed E-state index contributed by atoms with van der Waals surface area (Å²) in [5, 5.41) is 7.40. The Hall–Kier alpha value is -0.710. The summed E-state index contributed by atoms with van der Waals surface area (Å²) in [7, 11) is 1.75. The van der Waals surface area contributed by atoms with E-state index in [-0.39, 0.29) is 0 Å². The van der Waals surface area contributed by atoms with Gasteiger partial charge in [0, 0.05) is 13.5 Å². The predicted octanol–water partition coefficient (Wildman–Crippen LogP) is 0.319. The summed E-state index contributed by atoms with van der Waals surface area (Å²) in [6.07, 6.45) is 1.17. The predicted molar refractivity (Wildman–Crippen MR) is 38.5 cm³/mol. The lowest BCUT2D eigenvalue weighted by Crippen LogP contribution is -1.98. The highest BCUT2D eigenvalue weighted by Gasteiger charge is 2.05. The largest absolute Gasteiger partial charge is 0.303 e. The number of rotatable bonds is 2. The van der Waals surface area contributed by atoms with Crippen molar-refractivity contribution >= 4 is 22.2 Å². The third-order valence-corrected chi connectivity index (χ3v) is 1.79. The van der Waals surface area contributed by atoms with Crippen LogP contribution in [0.2, 0.25) is 0 Å². The number of nitrogens with zero attached hydrogens (tertiary/aromatic N) is 3. The van der Waals surface area contributed by atoms with Gasteiger partial charge in [-0.15, -0.1) is 5.10 Å². The number of halogens is 1. The minimum Gasteiger partial charge on any atom is -0.303 e. The molecule has 0 aromatic carbocycles. The first kappa shape index (κ1) is 7.40. The van der Waals surface area contributed by atoms with Crippen LogP contribution in [0, 0.1) is 0 Å². The number of carbonyl (C=O) groups is 1. The summed E-state index contributed by atoms with van der Waals surface area (Å²) >= 11 is 3.16. The van der Waals surface area contributed by atoms with E-state index >= 15 is 0 Å². The Morgan fingerprint density at radius 1 is 1.80 bits per heavy atom. The van der Waals surface area contributed by atoms with Crippen LogP contribution < -0.4 is 0 Å². The molecule has 0 saturated carbocycles. The molecule has 0 aliphatic heterocycles. The van der Waals surface area contributed by atoms with Crippen LogP contribution >= 0.6 is 15.9 Å². The van der Waals surface area contributed by atoms with Crippen molar-refractivity contribution in [3.8, 4) is 0 Å². The molecule has 4 nitrogen and oxygen atoms in total. The van der Waals surface area contributed by atoms with Gasteiger partial charge in [0.1, 0.15) is 6.29 Å². The SMILES string of the molecule is Cn1nnc(Br)c1CC=O. The van der Waals surface area contributed by atoms with Crippen LogP contribution in [0.4, 0.5) is 0 Å². The highest BCUT2D eigenvalue weighted by molar-refractivity contribution is 9.10. The molecule has 54 valence electrons. The maximum atomic E-state index is 10.1. The quantitative estimate of drug-likeness (QED) is 0.651. The molecule has 0 atom stereocenters. The fourth-order valence-corrected chi connectivity index (χ4v) is 1.14. The van der Waals surface area contributed by atoms with Crippen molar-refractivity contribution < 1.29 is 4.79 Å². The van der Waals surface area contributed by atoms with Crippen molar-refractivity contribution in [2.45, 2.75) is 6.42 Å². The summed E-state index contributed by atoms with van der Waals surface area (Å²) in [5.74, 6) is 0. The number of hydrogen-bond donors (Lipinski definition) is 0. The zero-order valence-corrected chi connectivity index (χ0v) is 7.00. The lowest BCUT2D eigenvalue weighted by Gasteiger charge is -1.92. The molecule has 0 unspecified atom stereocenters. The van der Waals surface area contributed by atoms with E-state index in [1.54, 1.807) is 11.7 Å². The third-order valence-electron chi connectivity index (χ3n) is 1.17. The number of hydrogen-bond acceptors (Lipinski definition) is 3. The summed E-state index contributed by atoms with van der Waals surface area (Å²) in [6.45, 7) is 0. The molecule has 5 heteroatoms. The van der Waals surface area contributed by atoms with Gasteiger partial charge in [0.05, 0.1) is 5.69 Å². The van der Waals surface area contributed by atoms with Gasteiger partial charge in [0.25, 0.3) is 0 Å². The number of carbonyl (C=O) groups excluding carboxylic acids is 1. The van der Waals surface area contributed by atoms with E-state index in [1.165, 1.54) is 0 Å². The van der Waals surface area contributed by atoms with Crippen LogP contribution in [0.1, 0.15) is 5.69 Å². The Bertz CT molecular complexity index is 226. The molecule has 0 radical (unpaired) electrons. The molecule has 1 rings (SSSR count). The molecule has 0 spiro atoms. The zero-order valence-electron chi connectivity index (χ0n) is 5.41. The van der Waals surface area contributed by atoms with Crippen molar-refractivity contribution in [3.63, 3.8) is 0 Å². The number of aldehydes is 1. The standard InChI is InChI=1S/C5H6BrN3O/c1-9-4(2-3-10)5(6)7-8-9/h3H,2H2,1H3. The Morgan fingerprint density at radius 3 is 2.90 bits per heavy atom. The van der Waals surface area contributed by atoms with Crippen molar-refractivity contribution in [1.29, 1.82) is 0 Å². The van der Waals surface area contributed by atoms with Crippen LogP contribution in [0.25, 0.3) is 0 Å². The minimum absolute atomic E-state index is 0.351. The fraction of sp³-hybridized carbons (Fsp3) is 0.400. The van der Waals surface area contributed by atoms with Crippen LogP contribution in [-0.4, -0.2) is 21.3 Å². The van der Waals surface area contributed by atoms with E-state index in [0.717, 1.165) is 12.0 Å². The van der Waals surface area contributed by atoms with Gasteiger partial charge in [-0.3, -0.25) is 4.68 Å². The molecule has 0 aliphatic rings. The lowest BCUT2D eigenvalue weighted by atomic mass is 10.4. The Kier molecular flexibility index (Phi) is 2.16. The first-order chi connectivity index (χ1) is 4.75. The van der Waals surface area contributed by atoms with Crippen molar-refractivity contribution in [2.24, 2.45) is 7.05 Å². The Labute approximate surface area is 66.4 Å². The minimum atomic E-state index is 0.351. The highest BCUT2D eigenvalue weighted by Crippen LogP contribution is 2.10. The van der Waals surface area contributed by atoms with E-state index < -0.39 is 0 Å². The van der Waals surface area contributed by atoms with Gasteiger partial charge in [0.15, 0.2) is 4.60 Å². The molecule has 0 amide bonds. The summed E-state index contributed by atoms with van der Waals surface area (Å²) in [4.78, 5) is 10.1. The van der Waals surface area contributed by atoms with E-state index in [1.807, 2.05) is 0 Å². The zero-order chi connectivity index (χ0) is 7.56. The van der Waals surface area contributed by atoms with Gasteiger partial charge in [0.2, 0.25) is 0 Å². The molecule has 0 aliphatic carbocycles. The summed E-state index contributed by atoms with van der Waals surface area (Å²) < 4.78 is 2.21. The highest BCUT2D eigenvalue weighted by atomic mass is 79.9. The molecular weight excluding hydrogens is 198 g/mol. The molecule has 0 bridgehead atoms. The van der Waals surface area contributed by atoms with Gasteiger partial charge in [-0.1, -0.05) is 5.21 Å². The Morgan fingerprint density at radius 2 is 2.50 bits per heavy atom. The molecule has 1 aromatic heterocycles. The van der Waals surface area contributed by atoms with Crippen molar-refractivity contribution in [3.05, 3.63) is 10.3 Å². The van der Waals surface area contributed by atoms with Crippen molar-refractivity contribution in [2.75, 3.05) is 0 Å². The molecule has 0 N–H and O–H groups in total. The average Bonchev–Trinajstić information content (AvgIpc) is 2.20. The second kappa shape index (κ2) is 2.92. The van der Waals surface area contributed by atoms with Gasteiger partial charge >= 0.3 is 0 Å². The summed E-state index contributed by atoms with van der Waals surface area (Å²) in [5.41, 5.74) is 0.801. The first-order valence-electron chi connectivity index (χ1n) is 2.73. The van der Waals surface area contributed by atoms with E-state index in [4.69, 9.17) is 0 Å². The topological polar surface area (TPSA) is 47.8 Å². The molecule has 10 heavy (non-hydrogen) atoms. The van der Waals surface area contributed by atoms with Crippen LogP contribution in [0.5, 0.6) is 0 Å². The van der Waals surface area contributed by atoms with Gasteiger partial charge in [-0.25, -0.2) is 0 Å². The molecular formula is C5H6BrN3O. The van der Waals surface area contributed by atoms with Crippen LogP contribution in [0.15, 0.2) is 4.60 Å². The molecule has 0 fully saturated rings. The smallest absolute Gasteiger partial charge is 0.151 e. The van der Waals surface area contributed by atoms with Gasteiger partial charge in [-0.2, -0.15) is 0 Å². The average molecular weight is 204 g/mol. The van der Waals surface area contributed by atoms with Crippen LogP contribution in [0.3, 0.4) is 0 Å². The number of aryl methyl sites for hydroxylation is 1. The first-order valence-corrected chi connectivity index (χ1v) is 3.52. The van der Waals surface area contributed by atoms with E-state index in [9.17, 15) is 4.79 Å². The summed E-state index contributed by atoms with van der Waals surface area (Å²) in [6, 6.07) is 0.